The fourth-order valence-electron chi connectivity index (χ4n) is 2.37. The van der Waals surface area contributed by atoms with E-state index in [1.54, 1.807) is 0 Å². The Morgan fingerprint density at radius 1 is 1.09 bits per heavy atom. The summed E-state index contributed by atoms with van der Waals surface area (Å²) in [5.74, 6) is 2.67. The average Bonchev–Trinajstić information content (AvgIpc) is 1.96. The molecule has 0 amide bonds. The molecule has 0 spiro atoms. The monoisotopic (exact) mass is 155 g/mol. The van der Waals surface area contributed by atoms with Crippen molar-refractivity contribution in [3.63, 3.8) is 0 Å². The van der Waals surface area contributed by atoms with Gasteiger partial charge in [-0.1, -0.05) is 20.8 Å². The summed E-state index contributed by atoms with van der Waals surface area (Å²) in [5, 5.41) is 3.41. The Hall–Kier alpha value is -0.0400. The van der Waals surface area contributed by atoms with E-state index in [2.05, 4.69) is 33.1 Å². The van der Waals surface area contributed by atoms with Crippen LogP contribution in [0.15, 0.2) is 0 Å². The van der Waals surface area contributed by atoms with E-state index in [0.717, 1.165) is 23.8 Å². The van der Waals surface area contributed by atoms with Gasteiger partial charge in [-0.3, -0.25) is 0 Å². The Morgan fingerprint density at radius 2 is 1.73 bits per heavy atom. The Bertz CT molecular complexity index is 122. The van der Waals surface area contributed by atoms with Crippen molar-refractivity contribution in [3.8, 4) is 0 Å². The first-order chi connectivity index (χ1) is 5.15. The number of rotatable bonds is 1. The van der Waals surface area contributed by atoms with Crippen molar-refractivity contribution in [2.24, 2.45) is 17.8 Å². The second-order valence-corrected chi connectivity index (χ2v) is 4.31. The van der Waals surface area contributed by atoms with E-state index in [0.29, 0.717) is 0 Å². The molecule has 0 radical (unpaired) electrons. The molecule has 1 fully saturated rings. The maximum atomic E-state index is 3.41. The molecule has 1 nitrogen and oxygen atoms in total. The van der Waals surface area contributed by atoms with E-state index < -0.39 is 0 Å². The maximum Gasteiger partial charge on any atom is 0.00947 e. The zero-order valence-corrected chi connectivity index (χ0v) is 8.22. The predicted molar refractivity (Wildman–Crippen MR) is 49.6 cm³/mol. The van der Waals surface area contributed by atoms with E-state index in [9.17, 15) is 0 Å². The zero-order valence-electron chi connectivity index (χ0n) is 8.22. The van der Waals surface area contributed by atoms with Gasteiger partial charge in [0.05, 0.1) is 0 Å². The van der Waals surface area contributed by atoms with Crippen LogP contribution in [0.2, 0.25) is 0 Å². The smallest absolute Gasteiger partial charge is 0.00947 e. The van der Waals surface area contributed by atoms with Gasteiger partial charge in [-0.2, -0.15) is 0 Å². The normalized spacial score (nSPS) is 45.8. The van der Waals surface area contributed by atoms with Crippen LogP contribution in [0.5, 0.6) is 0 Å². The highest BCUT2D eigenvalue weighted by Gasteiger charge is 2.29. The largest absolute Gasteiger partial charge is 0.317 e. The van der Waals surface area contributed by atoms with Crippen LogP contribution in [-0.2, 0) is 0 Å². The van der Waals surface area contributed by atoms with E-state index in [1.807, 2.05) is 0 Å². The Balaban J connectivity index is 2.51. The van der Waals surface area contributed by atoms with Crippen LogP contribution >= 0.6 is 0 Å². The quantitative estimate of drug-likeness (QED) is 0.612. The van der Waals surface area contributed by atoms with Crippen LogP contribution in [0.25, 0.3) is 0 Å². The molecule has 1 unspecified atom stereocenters. The summed E-state index contributed by atoms with van der Waals surface area (Å²) in [6.45, 7) is 7.12. The third kappa shape index (κ3) is 1.96. The van der Waals surface area contributed by atoms with Crippen molar-refractivity contribution in [2.45, 2.75) is 39.7 Å². The molecular formula is C10H21N. The maximum absolute atomic E-state index is 3.41. The molecule has 0 heterocycles. The minimum atomic E-state index is 0.758. The summed E-state index contributed by atoms with van der Waals surface area (Å²) >= 11 is 0. The molecule has 1 rings (SSSR count). The van der Waals surface area contributed by atoms with Crippen LogP contribution in [-0.4, -0.2) is 13.1 Å². The lowest BCUT2D eigenvalue weighted by atomic mass is 9.73. The second-order valence-electron chi connectivity index (χ2n) is 4.31. The highest BCUT2D eigenvalue weighted by atomic mass is 14.9. The van der Waals surface area contributed by atoms with Gasteiger partial charge in [0.25, 0.3) is 0 Å². The predicted octanol–water partition coefficient (Wildman–Crippen LogP) is 2.28. The van der Waals surface area contributed by atoms with Crippen LogP contribution in [0.4, 0.5) is 0 Å². The first kappa shape index (κ1) is 9.05. The SMILES string of the molecule is CN[C@H]1C[C@H](C)C[C@H](C)C1C. The van der Waals surface area contributed by atoms with Gasteiger partial charge in [-0.05, 0) is 37.6 Å². The summed E-state index contributed by atoms with van der Waals surface area (Å²) in [6, 6.07) is 0.758. The fourth-order valence-corrected chi connectivity index (χ4v) is 2.37. The molecular weight excluding hydrogens is 134 g/mol. The first-order valence-electron chi connectivity index (χ1n) is 4.82. The van der Waals surface area contributed by atoms with Crippen LogP contribution < -0.4 is 5.32 Å². The van der Waals surface area contributed by atoms with Gasteiger partial charge in [0.1, 0.15) is 0 Å². The molecule has 0 aromatic rings. The average molecular weight is 155 g/mol. The molecule has 1 aliphatic carbocycles. The lowest BCUT2D eigenvalue weighted by molar-refractivity contribution is 0.169. The minimum Gasteiger partial charge on any atom is -0.317 e. The molecule has 66 valence electrons. The Labute approximate surface area is 70.6 Å². The summed E-state index contributed by atoms with van der Waals surface area (Å²) in [6.07, 6.45) is 2.78. The van der Waals surface area contributed by atoms with Crippen molar-refractivity contribution >= 4 is 0 Å². The van der Waals surface area contributed by atoms with Crippen molar-refractivity contribution in [3.05, 3.63) is 0 Å². The molecule has 1 aliphatic rings. The van der Waals surface area contributed by atoms with Crippen molar-refractivity contribution in [1.82, 2.24) is 5.32 Å². The van der Waals surface area contributed by atoms with Crippen LogP contribution in [0, 0.1) is 17.8 Å². The van der Waals surface area contributed by atoms with Gasteiger partial charge in [0.2, 0.25) is 0 Å². The Morgan fingerprint density at radius 3 is 2.27 bits per heavy atom. The second kappa shape index (κ2) is 3.57. The summed E-state index contributed by atoms with van der Waals surface area (Å²) in [5.41, 5.74) is 0. The Kier molecular flexibility index (Phi) is 2.94. The topological polar surface area (TPSA) is 12.0 Å². The van der Waals surface area contributed by atoms with Crippen LogP contribution in [0.3, 0.4) is 0 Å². The van der Waals surface area contributed by atoms with Gasteiger partial charge in [-0.15, -0.1) is 0 Å². The van der Waals surface area contributed by atoms with E-state index in [4.69, 9.17) is 0 Å². The molecule has 0 aromatic heterocycles. The van der Waals surface area contributed by atoms with Gasteiger partial charge in [-0.25, -0.2) is 0 Å². The minimum absolute atomic E-state index is 0.758. The third-order valence-corrected chi connectivity index (χ3v) is 3.33. The van der Waals surface area contributed by atoms with Gasteiger partial charge < -0.3 is 5.32 Å². The van der Waals surface area contributed by atoms with Crippen LogP contribution in [0.1, 0.15) is 33.6 Å². The number of hydrogen-bond donors (Lipinski definition) is 1. The van der Waals surface area contributed by atoms with E-state index in [1.165, 1.54) is 12.8 Å². The molecule has 1 N–H and O–H groups in total. The van der Waals surface area contributed by atoms with E-state index in [-0.39, 0.29) is 0 Å². The lowest BCUT2D eigenvalue weighted by Gasteiger charge is -2.37. The van der Waals surface area contributed by atoms with Crippen molar-refractivity contribution in [1.29, 1.82) is 0 Å². The number of hydrogen-bond acceptors (Lipinski definition) is 1. The third-order valence-electron chi connectivity index (χ3n) is 3.33. The molecule has 0 aromatic carbocycles. The summed E-state index contributed by atoms with van der Waals surface area (Å²) in [7, 11) is 2.09. The summed E-state index contributed by atoms with van der Waals surface area (Å²) < 4.78 is 0. The molecule has 0 aliphatic heterocycles. The standard InChI is InChI=1S/C10H21N/c1-7-5-8(2)9(3)10(6-7)11-4/h7-11H,5-6H2,1-4H3/t7-,8+,9?,10+/m1/s1. The molecule has 11 heavy (non-hydrogen) atoms. The molecule has 0 saturated heterocycles. The summed E-state index contributed by atoms with van der Waals surface area (Å²) in [4.78, 5) is 0. The first-order valence-corrected chi connectivity index (χ1v) is 4.82. The lowest BCUT2D eigenvalue weighted by Crippen LogP contribution is -2.41. The van der Waals surface area contributed by atoms with Crippen molar-refractivity contribution in [2.75, 3.05) is 7.05 Å². The van der Waals surface area contributed by atoms with E-state index >= 15 is 0 Å². The molecule has 0 bridgehead atoms. The molecule has 4 atom stereocenters. The highest BCUT2D eigenvalue weighted by molar-refractivity contribution is 4.83. The van der Waals surface area contributed by atoms with Gasteiger partial charge >= 0.3 is 0 Å². The zero-order chi connectivity index (χ0) is 8.43. The molecule has 1 saturated carbocycles. The van der Waals surface area contributed by atoms with Crippen molar-refractivity contribution < 1.29 is 0 Å². The fraction of sp³-hybridized carbons (Fsp3) is 1.00. The van der Waals surface area contributed by atoms with Gasteiger partial charge in [0.15, 0.2) is 0 Å². The molecule has 1 heteroatoms. The highest BCUT2D eigenvalue weighted by Crippen LogP contribution is 2.32. The van der Waals surface area contributed by atoms with Gasteiger partial charge in [0, 0.05) is 6.04 Å². The number of nitrogens with one attached hydrogen (secondary N) is 1.